The van der Waals surface area contributed by atoms with E-state index in [1.54, 1.807) is 6.20 Å². The number of benzene rings is 1. The molecule has 0 spiro atoms. The molecule has 2 aromatic rings. The zero-order chi connectivity index (χ0) is 29.1. The molecule has 2 rings (SSSR count). The second-order valence-electron chi connectivity index (χ2n) is 8.88. The van der Waals surface area contributed by atoms with Gasteiger partial charge in [-0.15, -0.1) is 0 Å². The number of carboxylic acid groups (broad SMARTS) is 1. The van der Waals surface area contributed by atoms with Crippen LogP contribution in [0.1, 0.15) is 31.2 Å². The van der Waals surface area contributed by atoms with Crippen LogP contribution in [0.4, 0.5) is 0 Å². The number of primary amides is 2. The van der Waals surface area contributed by atoms with Crippen molar-refractivity contribution in [1.82, 2.24) is 20.9 Å². The fourth-order valence-electron chi connectivity index (χ4n) is 3.75. The fourth-order valence-corrected chi connectivity index (χ4v) is 4.00. The van der Waals surface area contributed by atoms with E-state index in [9.17, 15) is 33.9 Å². The molecule has 1 aromatic heterocycles. The Morgan fingerprint density at radius 3 is 1.97 bits per heavy atom. The molecule has 5 amide bonds. The van der Waals surface area contributed by atoms with Gasteiger partial charge < -0.3 is 43.2 Å². The van der Waals surface area contributed by atoms with Crippen LogP contribution < -0.4 is 33.2 Å². The molecule has 1 heterocycles. The van der Waals surface area contributed by atoms with Crippen LogP contribution in [0.5, 0.6) is 0 Å². The van der Waals surface area contributed by atoms with E-state index in [2.05, 4.69) is 33.6 Å². The molecular formula is C24H33N7O7S. The highest BCUT2D eigenvalue weighted by atomic mass is 32.1. The Morgan fingerprint density at radius 2 is 1.38 bits per heavy atom. The summed E-state index contributed by atoms with van der Waals surface area (Å²) in [5.74, 6) is -5.47. The molecule has 0 radical (unpaired) electrons. The maximum absolute atomic E-state index is 12.9. The average molecular weight is 564 g/mol. The number of thiol groups is 1. The number of amides is 5. The number of fused-ring (bicyclic) bond motifs is 1. The van der Waals surface area contributed by atoms with Gasteiger partial charge in [0.25, 0.3) is 0 Å². The number of aromatic amines is 1. The molecule has 39 heavy (non-hydrogen) atoms. The summed E-state index contributed by atoms with van der Waals surface area (Å²) in [6.07, 6.45) is 0.796. The van der Waals surface area contributed by atoms with Gasteiger partial charge in [0.2, 0.25) is 29.5 Å². The first-order valence-corrected chi connectivity index (χ1v) is 12.7. The Kier molecular flexibility index (Phi) is 11.7. The molecule has 11 N–H and O–H groups in total. The van der Waals surface area contributed by atoms with E-state index in [-0.39, 0.29) is 37.9 Å². The van der Waals surface area contributed by atoms with Crippen molar-refractivity contribution in [1.29, 1.82) is 0 Å². The molecule has 1 aromatic carbocycles. The third-order valence-corrected chi connectivity index (χ3v) is 6.24. The first-order chi connectivity index (χ1) is 18.4. The van der Waals surface area contributed by atoms with Gasteiger partial charge in [0, 0.05) is 35.7 Å². The average Bonchev–Trinajstić information content (AvgIpc) is 3.29. The SMILES string of the molecule is NC(=O)CCC(NC(=O)C(CCC(N)=O)NC(=O)C(CS)NC(=O)C(N)Cc1c[nH]c2ccccc12)C(=O)O. The molecule has 14 nitrogen and oxygen atoms in total. The van der Waals surface area contributed by atoms with Gasteiger partial charge in [0.1, 0.15) is 18.1 Å². The number of H-pyrrole nitrogens is 1. The molecule has 0 fully saturated rings. The summed E-state index contributed by atoms with van der Waals surface area (Å²) >= 11 is 4.11. The van der Waals surface area contributed by atoms with Gasteiger partial charge >= 0.3 is 5.97 Å². The predicted octanol–water partition coefficient (Wildman–Crippen LogP) is -1.96. The summed E-state index contributed by atoms with van der Waals surface area (Å²) in [7, 11) is 0. The van der Waals surface area contributed by atoms with Crippen molar-refractivity contribution >= 4 is 59.0 Å². The molecule has 0 bridgehead atoms. The van der Waals surface area contributed by atoms with E-state index in [0.717, 1.165) is 16.5 Å². The van der Waals surface area contributed by atoms with Crippen LogP contribution in [0.2, 0.25) is 0 Å². The highest BCUT2D eigenvalue weighted by Gasteiger charge is 2.30. The van der Waals surface area contributed by atoms with E-state index in [4.69, 9.17) is 17.2 Å². The second-order valence-corrected chi connectivity index (χ2v) is 9.25. The molecular weight excluding hydrogens is 530 g/mol. The third kappa shape index (κ3) is 9.61. The Bertz CT molecular complexity index is 1220. The number of carboxylic acids is 1. The summed E-state index contributed by atoms with van der Waals surface area (Å²) in [5, 5.41) is 17.4. The number of hydrogen-bond acceptors (Lipinski definition) is 8. The van der Waals surface area contributed by atoms with Crippen molar-refractivity contribution in [3.05, 3.63) is 36.0 Å². The summed E-state index contributed by atoms with van der Waals surface area (Å²) in [6, 6.07) is 2.43. The summed E-state index contributed by atoms with van der Waals surface area (Å²) in [4.78, 5) is 75.4. The third-order valence-electron chi connectivity index (χ3n) is 5.87. The van der Waals surface area contributed by atoms with Gasteiger partial charge in [-0.1, -0.05) is 18.2 Å². The molecule has 212 valence electrons. The molecule has 0 aliphatic carbocycles. The number of rotatable bonds is 16. The maximum Gasteiger partial charge on any atom is 0.326 e. The summed E-state index contributed by atoms with van der Waals surface area (Å²) < 4.78 is 0. The van der Waals surface area contributed by atoms with E-state index in [0.29, 0.717) is 0 Å². The van der Waals surface area contributed by atoms with Crippen LogP contribution in [-0.4, -0.2) is 75.5 Å². The van der Waals surface area contributed by atoms with Crippen molar-refractivity contribution in [2.75, 3.05) is 5.75 Å². The molecule has 0 aliphatic rings. The topological polar surface area (TPSA) is 253 Å². The highest BCUT2D eigenvalue weighted by molar-refractivity contribution is 7.80. The van der Waals surface area contributed by atoms with Crippen molar-refractivity contribution in [3.63, 3.8) is 0 Å². The standard InChI is InChI=1S/C24H33N7O7S/c25-14(9-12-10-28-15-4-2-1-3-13(12)15)21(34)31-18(11-39)23(36)29-16(5-7-19(26)32)22(35)30-17(24(37)38)6-8-20(27)33/h1-4,10,14,16-18,28,39H,5-9,11,25H2,(H2,26,32)(H2,27,33)(H,29,36)(H,30,35)(H,31,34)(H,37,38). The molecule has 0 aliphatic heterocycles. The van der Waals surface area contributed by atoms with Crippen LogP contribution in [-0.2, 0) is 35.2 Å². The Morgan fingerprint density at radius 1 is 0.846 bits per heavy atom. The van der Waals surface area contributed by atoms with E-state index >= 15 is 0 Å². The summed E-state index contributed by atoms with van der Waals surface area (Å²) in [6.45, 7) is 0. The fraction of sp³-hybridized carbons (Fsp3) is 0.417. The lowest BCUT2D eigenvalue weighted by Crippen LogP contribution is -2.58. The maximum atomic E-state index is 12.9. The van der Waals surface area contributed by atoms with E-state index < -0.39 is 59.7 Å². The lowest BCUT2D eigenvalue weighted by atomic mass is 10.0. The van der Waals surface area contributed by atoms with Crippen molar-refractivity contribution in [3.8, 4) is 0 Å². The number of nitrogens with two attached hydrogens (primary N) is 3. The van der Waals surface area contributed by atoms with Crippen LogP contribution in [0.25, 0.3) is 10.9 Å². The van der Waals surface area contributed by atoms with Gasteiger partial charge in [0.15, 0.2) is 0 Å². The largest absolute Gasteiger partial charge is 0.480 e. The van der Waals surface area contributed by atoms with Gasteiger partial charge in [0.05, 0.1) is 6.04 Å². The van der Waals surface area contributed by atoms with E-state index in [1.807, 2.05) is 24.3 Å². The Labute approximate surface area is 229 Å². The zero-order valence-corrected chi connectivity index (χ0v) is 21.9. The second kappa shape index (κ2) is 14.7. The molecule has 4 unspecified atom stereocenters. The van der Waals surface area contributed by atoms with Crippen LogP contribution in [0.15, 0.2) is 30.5 Å². The van der Waals surface area contributed by atoms with Crippen molar-refractivity contribution in [2.45, 2.75) is 56.3 Å². The van der Waals surface area contributed by atoms with Crippen molar-refractivity contribution in [2.24, 2.45) is 17.2 Å². The van der Waals surface area contributed by atoms with Crippen LogP contribution in [0.3, 0.4) is 0 Å². The van der Waals surface area contributed by atoms with Gasteiger partial charge in [-0.05, 0) is 30.9 Å². The first-order valence-electron chi connectivity index (χ1n) is 12.0. The molecule has 0 saturated carbocycles. The quantitative estimate of drug-likeness (QED) is 0.103. The predicted molar refractivity (Wildman–Crippen MR) is 144 cm³/mol. The van der Waals surface area contributed by atoms with Crippen molar-refractivity contribution < 1.29 is 33.9 Å². The lowest BCUT2D eigenvalue weighted by Gasteiger charge is -2.24. The number of carbonyl (C=O) groups excluding carboxylic acids is 5. The monoisotopic (exact) mass is 563 g/mol. The molecule has 0 saturated heterocycles. The number of hydrogen-bond donors (Lipinski definition) is 9. The van der Waals surface area contributed by atoms with Crippen LogP contribution >= 0.6 is 12.6 Å². The molecule has 4 atom stereocenters. The smallest absolute Gasteiger partial charge is 0.326 e. The zero-order valence-electron chi connectivity index (χ0n) is 21.0. The number of carbonyl (C=O) groups is 6. The number of aliphatic carboxylic acids is 1. The number of nitrogens with one attached hydrogen (secondary N) is 4. The minimum atomic E-state index is -1.47. The lowest BCUT2D eigenvalue weighted by molar-refractivity contribution is -0.142. The first kappa shape index (κ1) is 31.1. The van der Waals surface area contributed by atoms with Gasteiger partial charge in [-0.25, -0.2) is 4.79 Å². The van der Waals surface area contributed by atoms with E-state index in [1.165, 1.54) is 0 Å². The minimum Gasteiger partial charge on any atom is -0.480 e. The highest BCUT2D eigenvalue weighted by Crippen LogP contribution is 2.18. The molecule has 15 heteroatoms. The minimum absolute atomic E-state index is 0.155. The Hall–Kier alpha value is -4.11. The number of aromatic nitrogens is 1. The van der Waals surface area contributed by atoms with Gasteiger partial charge in [-0.2, -0.15) is 12.6 Å². The number of para-hydroxylation sites is 1. The normalized spacial score (nSPS) is 14.0. The van der Waals surface area contributed by atoms with Gasteiger partial charge in [-0.3, -0.25) is 24.0 Å². The Balaban J connectivity index is 2.06. The van der Waals surface area contributed by atoms with Crippen LogP contribution in [0, 0.1) is 0 Å². The summed E-state index contributed by atoms with van der Waals surface area (Å²) in [5.41, 5.74) is 18.0.